The molecular weight excluding hydrogens is 1050 g/mol. The van der Waals surface area contributed by atoms with Crippen molar-refractivity contribution in [3.05, 3.63) is 36.5 Å². The number of quaternary nitrogens is 1. The van der Waals surface area contributed by atoms with Gasteiger partial charge in [-0.2, -0.15) is 0 Å². The summed E-state index contributed by atoms with van der Waals surface area (Å²) in [5.74, 6) is -0.489. The van der Waals surface area contributed by atoms with Gasteiger partial charge in [0.1, 0.15) is 19.3 Å². The number of nitrogens with one attached hydrogen (secondary N) is 1. The molecule has 490 valence electrons. The molecule has 1 amide bonds. The Hall–Kier alpha value is -1.77. The predicted octanol–water partition coefficient (Wildman–Crippen LogP) is 23.0. The van der Waals surface area contributed by atoms with Crippen LogP contribution in [0.5, 0.6) is 0 Å². The first-order valence-corrected chi connectivity index (χ1v) is 37.8. The highest BCUT2D eigenvalue weighted by Crippen LogP contribution is 2.43. The fraction of sp³-hybridized carbons (Fsp3) is 0.890. The normalized spacial score (nSPS) is 13.7. The van der Waals surface area contributed by atoms with Crippen LogP contribution in [0.4, 0.5) is 0 Å². The molecule has 2 N–H and O–H groups in total. The first-order chi connectivity index (χ1) is 40.4. The van der Waals surface area contributed by atoms with Gasteiger partial charge in [0.2, 0.25) is 5.91 Å². The zero-order valence-electron chi connectivity index (χ0n) is 56.2. The molecule has 3 unspecified atom stereocenters. The molecule has 0 radical (unpaired) electrons. The maximum atomic E-state index is 13.6. The van der Waals surface area contributed by atoms with Crippen molar-refractivity contribution in [2.45, 2.75) is 380 Å². The number of phosphoric acid groups is 1. The number of hydrogen-bond acceptors (Lipinski definition) is 6. The molecule has 83 heavy (non-hydrogen) atoms. The predicted molar refractivity (Wildman–Crippen MR) is 360 cm³/mol. The summed E-state index contributed by atoms with van der Waals surface area (Å²) in [4.78, 5) is 37.9. The van der Waals surface area contributed by atoms with Crippen LogP contribution in [0.15, 0.2) is 36.5 Å². The van der Waals surface area contributed by atoms with Crippen molar-refractivity contribution < 1.29 is 37.3 Å². The number of rotatable bonds is 67. The van der Waals surface area contributed by atoms with Crippen molar-refractivity contribution in [3.63, 3.8) is 0 Å². The van der Waals surface area contributed by atoms with E-state index < -0.39 is 20.0 Å². The van der Waals surface area contributed by atoms with Gasteiger partial charge in [0.25, 0.3) is 0 Å². The second-order valence-electron chi connectivity index (χ2n) is 26.1. The van der Waals surface area contributed by atoms with Crippen LogP contribution in [0.3, 0.4) is 0 Å². The third kappa shape index (κ3) is 64.5. The number of carbonyl (C=O) groups excluding carboxylic acids is 2. The SMILES string of the molecule is CCCCCCCC/C=C/CCCCCCCCCCCCCCCCCCCC(=O)OC(/C=C\CCCCCCCCCCC)C(COP(=O)(O)OCC[N+](C)(C)C)NC(=O)CCCCCCCCCCC/C=C/CCCCCCCC. The quantitative estimate of drug-likeness (QED) is 0.0205. The summed E-state index contributed by atoms with van der Waals surface area (Å²) in [5.41, 5.74) is 0. The second kappa shape index (κ2) is 63.3. The van der Waals surface area contributed by atoms with Gasteiger partial charge in [-0.25, -0.2) is 4.57 Å². The van der Waals surface area contributed by atoms with Crippen molar-refractivity contribution in [2.24, 2.45) is 0 Å². The number of esters is 1. The van der Waals surface area contributed by atoms with Crippen LogP contribution in [-0.4, -0.2) is 74.3 Å². The van der Waals surface area contributed by atoms with E-state index >= 15 is 0 Å². The number of carbonyl (C=O) groups is 2. The Bertz CT molecular complexity index is 1510. The van der Waals surface area contributed by atoms with Gasteiger partial charge in [0.15, 0.2) is 0 Å². The van der Waals surface area contributed by atoms with Crippen molar-refractivity contribution >= 4 is 19.7 Å². The van der Waals surface area contributed by atoms with Crippen LogP contribution in [0.25, 0.3) is 0 Å². The molecule has 0 saturated carbocycles. The molecule has 0 aliphatic rings. The highest BCUT2D eigenvalue weighted by molar-refractivity contribution is 7.47. The molecule has 10 heteroatoms. The molecule has 0 fully saturated rings. The summed E-state index contributed by atoms with van der Waals surface area (Å²) in [6.45, 7) is 7.06. The minimum absolute atomic E-state index is 0.0425. The maximum Gasteiger partial charge on any atom is 0.472 e. The van der Waals surface area contributed by atoms with E-state index in [1.807, 2.05) is 33.3 Å². The van der Waals surface area contributed by atoms with Gasteiger partial charge < -0.3 is 19.4 Å². The summed E-state index contributed by atoms with van der Waals surface area (Å²) in [6.07, 6.45) is 78.8. The van der Waals surface area contributed by atoms with E-state index in [4.69, 9.17) is 13.8 Å². The molecule has 0 aromatic heterocycles. The average Bonchev–Trinajstić information content (AvgIpc) is 3.51. The minimum atomic E-state index is -4.45. The summed E-state index contributed by atoms with van der Waals surface area (Å²) < 4.78 is 30.8. The molecule has 0 heterocycles. The molecule has 9 nitrogen and oxygen atoms in total. The summed E-state index contributed by atoms with van der Waals surface area (Å²) >= 11 is 0. The molecule has 0 aliphatic carbocycles. The molecule has 0 saturated heterocycles. The lowest BCUT2D eigenvalue weighted by Gasteiger charge is -2.27. The van der Waals surface area contributed by atoms with Crippen molar-refractivity contribution in [3.8, 4) is 0 Å². The second-order valence-corrected chi connectivity index (χ2v) is 27.6. The lowest BCUT2D eigenvalue weighted by atomic mass is 10.0. The van der Waals surface area contributed by atoms with E-state index in [9.17, 15) is 19.0 Å². The molecule has 0 rings (SSSR count). The lowest BCUT2D eigenvalue weighted by molar-refractivity contribution is -0.870. The highest BCUT2D eigenvalue weighted by atomic mass is 31.2. The Morgan fingerprint density at radius 3 is 1.02 bits per heavy atom. The van der Waals surface area contributed by atoms with Crippen molar-refractivity contribution in [1.29, 1.82) is 0 Å². The maximum absolute atomic E-state index is 13.6. The van der Waals surface area contributed by atoms with Gasteiger partial charge >= 0.3 is 13.8 Å². The molecular formula is C73H142N2O7P+. The third-order valence-corrected chi connectivity index (χ3v) is 17.5. The van der Waals surface area contributed by atoms with E-state index in [1.54, 1.807) is 0 Å². The van der Waals surface area contributed by atoms with Crippen molar-refractivity contribution in [2.75, 3.05) is 40.9 Å². The van der Waals surface area contributed by atoms with Gasteiger partial charge in [-0.3, -0.25) is 18.6 Å². The van der Waals surface area contributed by atoms with Gasteiger partial charge in [-0.15, -0.1) is 0 Å². The van der Waals surface area contributed by atoms with Crippen LogP contribution in [0, 0.1) is 0 Å². The Labute approximate surface area is 516 Å². The zero-order valence-corrected chi connectivity index (χ0v) is 57.1. The Balaban J connectivity index is 4.94. The summed E-state index contributed by atoms with van der Waals surface area (Å²) in [7, 11) is 1.51. The molecule has 3 atom stereocenters. The topological polar surface area (TPSA) is 111 Å². The van der Waals surface area contributed by atoms with E-state index in [2.05, 4.69) is 50.4 Å². The summed E-state index contributed by atoms with van der Waals surface area (Å²) in [6, 6.07) is -0.846. The van der Waals surface area contributed by atoms with Gasteiger partial charge in [0, 0.05) is 12.8 Å². The number of allylic oxidation sites excluding steroid dienone is 5. The lowest BCUT2D eigenvalue weighted by Crippen LogP contribution is -2.47. The van der Waals surface area contributed by atoms with Gasteiger partial charge in [-0.05, 0) is 83.1 Å². The Kier molecular flexibility index (Phi) is 61.9. The number of hydrogen-bond donors (Lipinski definition) is 2. The highest BCUT2D eigenvalue weighted by Gasteiger charge is 2.30. The first-order valence-electron chi connectivity index (χ1n) is 36.3. The number of amides is 1. The van der Waals surface area contributed by atoms with Crippen LogP contribution in [0.1, 0.15) is 367 Å². The van der Waals surface area contributed by atoms with Crippen molar-refractivity contribution in [1.82, 2.24) is 5.32 Å². The van der Waals surface area contributed by atoms with Gasteiger partial charge in [-0.1, -0.05) is 308 Å². The number of unbranched alkanes of at least 4 members (excludes halogenated alkanes) is 47. The summed E-state index contributed by atoms with van der Waals surface area (Å²) in [5, 5.41) is 3.07. The molecule has 0 aromatic rings. The van der Waals surface area contributed by atoms with Crippen LogP contribution >= 0.6 is 7.82 Å². The molecule has 0 aromatic carbocycles. The molecule has 0 spiro atoms. The van der Waals surface area contributed by atoms with E-state index in [-0.39, 0.29) is 25.1 Å². The van der Waals surface area contributed by atoms with Crippen LogP contribution < -0.4 is 5.32 Å². The van der Waals surface area contributed by atoms with E-state index in [1.165, 1.54) is 276 Å². The smallest absolute Gasteiger partial charge is 0.456 e. The number of likely N-dealkylation sites (N-methyl/N-ethyl adjacent to an activating group) is 1. The fourth-order valence-electron chi connectivity index (χ4n) is 10.9. The number of nitrogens with zero attached hydrogens (tertiary/aromatic N) is 1. The molecule has 0 bridgehead atoms. The Morgan fingerprint density at radius 1 is 0.410 bits per heavy atom. The zero-order chi connectivity index (χ0) is 60.7. The largest absolute Gasteiger partial charge is 0.472 e. The monoisotopic (exact) mass is 1190 g/mol. The number of phosphoric ester groups is 1. The fourth-order valence-corrected chi connectivity index (χ4v) is 11.7. The minimum Gasteiger partial charge on any atom is -0.456 e. The van der Waals surface area contributed by atoms with E-state index in [0.29, 0.717) is 23.9 Å². The van der Waals surface area contributed by atoms with E-state index in [0.717, 1.165) is 57.8 Å². The Morgan fingerprint density at radius 2 is 0.699 bits per heavy atom. The van der Waals surface area contributed by atoms with Crippen LogP contribution in [-0.2, 0) is 27.9 Å². The average molecular weight is 1190 g/mol. The molecule has 0 aliphatic heterocycles. The van der Waals surface area contributed by atoms with Crippen LogP contribution in [0.2, 0.25) is 0 Å². The third-order valence-electron chi connectivity index (χ3n) is 16.6. The number of ether oxygens (including phenoxy) is 1. The standard InChI is InChI=1S/C73H141N2O7P/c1-7-10-13-16-19-22-25-27-29-31-33-34-35-36-37-38-39-40-42-44-46-48-51-54-57-60-63-66-73(77)82-71(64-61-58-55-52-49-24-21-18-15-12-9-3)70(69-81-83(78,79)80-68-67-75(4,5)6)74-72(76)65-62-59-56-53-50-47-45-43-41-32-30-28-26-23-20-17-14-11-8-2/h27-30,61,64,70-71H,7-26,31-60,62-63,65-69H2,1-6H3,(H-,74,76,78,79)/p+1/b29-27+,30-28+,64-61-. The first kappa shape index (κ1) is 81.2. The van der Waals surface area contributed by atoms with Gasteiger partial charge in [0.05, 0.1) is 33.8 Å².